The molecule has 7 nitrogen and oxygen atoms in total. The smallest absolute Gasteiger partial charge is 0.243 e. The zero-order valence-electron chi connectivity index (χ0n) is 13.7. The third-order valence-corrected chi connectivity index (χ3v) is 7.68. The molecule has 0 bridgehead atoms. The second kappa shape index (κ2) is 8.35. The van der Waals surface area contributed by atoms with Crippen LogP contribution in [0.1, 0.15) is 26.2 Å². The number of nitrogens with zero attached hydrogens (tertiary/aromatic N) is 1. The zero-order chi connectivity index (χ0) is 17.7. The highest BCUT2D eigenvalue weighted by Crippen LogP contribution is 2.51. The van der Waals surface area contributed by atoms with Crippen molar-refractivity contribution in [3.8, 4) is 0 Å². The van der Waals surface area contributed by atoms with Crippen LogP contribution in [0.15, 0.2) is 0 Å². The Balaban J connectivity index is 2.13. The van der Waals surface area contributed by atoms with Gasteiger partial charge in [-0.2, -0.15) is 0 Å². The first-order valence-electron chi connectivity index (χ1n) is 8.03. The Hall–Kier alpha value is -1.06. The van der Waals surface area contributed by atoms with Crippen molar-refractivity contribution >= 4 is 47.4 Å². The first kappa shape index (κ1) is 19.3. The highest BCUT2D eigenvalue weighted by Gasteiger charge is 2.51. The number of nitrogens with two attached hydrogens (primary N) is 1. The number of amides is 2. The molecule has 134 valence electrons. The van der Waals surface area contributed by atoms with Crippen LogP contribution in [0.5, 0.6) is 0 Å². The molecule has 3 N–H and O–H groups in total. The number of thioether (sulfide) groups is 2. The molecule has 1 unspecified atom stereocenters. The highest BCUT2D eigenvalue weighted by molar-refractivity contribution is 8.21. The number of likely N-dealkylation sites (tertiary alicyclic amines) is 1. The monoisotopic (exact) mass is 373 g/mol. The van der Waals surface area contributed by atoms with E-state index in [1.54, 1.807) is 23.5 Å². The average molecular weight is 374 g/mol. The molecular weight excluding hydrogens is 350 g/mol. The van der Waals surface area contributed by atoms with Crippen molar-refractivity contribution in [3.05, 3.63) is 0 Å². The fourth-order valence-corrected chi connectivity index (χ4v) is 6.34. The molecule has 1 spiro atoms. The Morgan fingerprint density at radius 2 is 2.04 bits per heavy atom. The largest absolute Gasteiger partial charge is 0.344 e. The molecule has 2 rings (SSSR count). The van der Waals surface area contributed by atoms with Gasteiger partial charge in [0.1, 0.15) is 6.04 Å². The van der Waals surface area contributed by atoms with E-state index in [9.17, 15) is 19.2 Å². The van der Waals surface area contributed by atoms with Gasteiger partial charge in [-0.25, -0.2) is 0 Å². The van der Waals surface area contributed by atoms with Crippen LogP contribution >= 0.6 is 23.5 Å². The number of carbonyl (C=O) groups excluding carboxylic acids is 4. The molecule has 2 atom stereocenters. The minimum absolute atomic E-state index is 0.152. The van der Waals surface area contributed by atoms with Crippen LogP contribution in [0.3, 0.4) is 0 Å². The third-order valence-electron chi connectivity index (χ3n) is 4.26. The first-order valence-corrected chi connectivity index (χ1v) is 10.0. The van der Waals surface area contributed by atoms with Gasteiger partial charge in [-0.05, 0) is 6.42 Å². The average Bonchev–Trinajstić information content (AvgIpc) is 3.20. The molecular formula is C15H23N3O4S2. The molecule has 0 aliphatic carbocycles. The van der Waals surface area contributed by atoms with Gasteiger partial charge in [-0.15, -0.1) is 23.5 Å². The van der Waals surface area contributed by atoms with Gasteiger partial charge in [0.2, 0.25) is 17.6 Å². The van der Waals surface area contributed by atoms with Crippen molar-refractivity contribution < 1.29 is 19.2 Å². The molecule has 0 radical (unpaired) electrons. The number of ketones is 1. The lowest BCUT2D eigenvalue weighted by Gasteiger charge is -2.25. The summed E-state index contributed by atoms with van der Waals surface area (Å²) in [5, 5.41) is 2.65. The minimum atomic E-state index is -0.824. The van der Waals surface area contributed by atoms with Gasteiger partial charge in [0, 0.05) is 24.5 Å². The van der Waals surface area contributed by atoms with Gasteiger partial charge in [0.15, 0.2) is 6.29 Å². The Morgan fingerprint density at radius 3 is 2.58 bits per heavy atom. The molecule has 0 aromatic carbocycles. The molecule has 2 saturated heterocycles. The molecule has 2 fully saturated rings. The summed E-state index contributed by atoms with van der Waals surface area (Å²) in [6.07, 6.45) is 1.84. The van der Waals surface area contributed by atoms with Crippen LogP contribution in [0, 0.1) is 0 Å². The van der Waals surface area contributed by atoms with E-state index in [1.165, 1.54) is 4.90 Å². The highest BCUT2D eigenvalue weighted by atomic mass is 32.2. The first-order chi connectivity index (χ1) is 11.5. The number of rotatable bonds is 7. The second-order valence-corrected chi connectivity index (χ2v) is 9.14. The van der Waals surface area contributed by atoms with Crippen LogP contribution < -0.4 is 11.1 Å². The van der Waals surface area contributed by atoms with Crippen molar-refractivity contribution in [2.24, 2.45) is 5.73 Å². The number of carbonyl (C=O) groups is 4. The van der Waals surface area contributed by atoms with Gasteiger partial charge in [-0.1, -0.05) is 13.3 Å². The van der Waals surface area contributed by atoms with Gasteiger partial charge in [0.05, 0.1) is 16.7 Å². The van der Waals surface area contributed by atoms with E-state index < -0.39 is 17.9 Å². The maximum absolute atomic E-state index is 12.7. The van der Waals surface area contributed by atoms with Gasteiger partial charge >= 0.3 is 0 Å². The van der Waals surface area contributed by atoms with E-state index >= 15 is 0 Å². The summed E-state index contributed by atoms with van der Waals surface area (Å²) in [5.41, 5.74) is 5.48. The molecule has 0 aromatic heterocycles. The van der Waals surface area contributed by atoms with Crippen LogP contribution in [0.25, 0.3) is 0 Å². The number of nitrogens with one attached hydrogen (secondary N) is 1. The van der Waals surface area contributed by atoms with Crippen LogP contribution in [0.4, 0.5) is 0 Å². The summed E-state index contributed by atoms with van der Waals surface area (Å²) in [6.45, 7) is 2.20. The molecule has 0 aromatic rings. The maximum atomic E-state index is 12.7. The summed E-state index contributed by atoms with van der Waals surface area (Å²) >= 11 is 3.54. The fourth-order valence-electron chi connectivity index (χ4n) is 3.08. The van der Waals surface area contributed by atoms with E-state index in [-0.39, 0.29) is 28.7 Å². The van der Waals surface area contributed by atoms with Gasteiger partial charge in [0.25, 0.3) is 0 Å². The van der Waals surface area contributed by atoms with Crippen molar-refractivity contribution in [1.82, 2.24) is 10.2 Å². The molecule has 9 heteroatoms. The Bertz CT molecular complexity index is 523. The lowest BCUT2D eigenvalue weighted by Crippen LogP contribution is -2.52. The Morgan fingerprint density at radius 1 is 1.38 bits per heavy atom. The zero-order valence-corrected chi connectivity index (χ0v) is 15.3. The lowest BCUT2D eigenvalue weighted by atomic mass is 10.1. The lowest BCUT2D eigenvalue weighted by molar-refractivity contribution is -0.139. The van der Waals surface area contributed by atoms with Gasteiger partial charge < -0.3 is 16.0 Å². The second-order valence-electron chi connectivity index (χ2n) is 5.92. The summed E-state index contributed by atoms with van der Waals surface area (Å²) in [6, 6.07) is -1.46. The van der Waals surface area contributed by atoms with E-state index in [1.807, 2.05) is 6.92 Å². The number of hydrogen-bond acceptors (Lipinski definition) is 7. The standard InChI is InChI=1S/C15H23N3O4S2/c1-2-3-10(12(20)8-19)17-14(22)11-6-15(23-4-5-24-15)9-18(11)13(21)7-16/h8,10-11H,2-7,9,16H2,1H3,(H,17,22)/t10?,11-/m0/s1. The number of aldehydes is 1. The summed E-state index contributed by atoms with van der Waals surface area (Å²) in [5.74, 6) is 0.695. The predicted molar refractivity (Wildman–Crippen MR) is 94.7 cm³/mol. The van der Waals surface area contributed by atoms with E-state index in [4.69, 9.17) is 5.73 Å². The van der Waals surface area contributed by atoms with Crippen molar-refractivity contribution in [1.29, 1.82) is 0 Å². The summed E-state index contributed by atoms with van der Waals surface area (Å²) < 4.78 is -0.165. The van der Waals surface area contributed by atoms with Crippen molar-refractivity contribution in [2.45, 2.75) is 42.3 Å². The molecule has 0 saturated carbocycles. The number of Topliss-reactive ketones (excluding diaryl/α,β-unsaturated/α-hetero) is 1. The SMILES string of the molecule is CCCC(NC(=O)[C@@H]1CC2(CN1C(=O)CN)SCCS2)C(=O)C=O. The maximum Gasteiger partial charge on any atom is 0.243 e. The fraction of sp³-hybridized carbons (Fsp3) is 0.733. The molecule has 24 heavy (non-hydrogen) atoms. The van der Waals surface area contributed by atoms with Crippen molar-refractivity contribution in [2.75, 3.05) is 24.6 Å². The van der Waals surface area contributed by atoms with Crippen molar-refractivity contribution in [3.63, 3.8) is 0 Å². The Labute approximate surface area is 149 Å². The minimum Gasteiger partial charge on any atom is -0.344 e. The van der Waals surface area contributed by atoms with Crippen LogP contribution in [-0.4, -0.2) is 69.5 Å². The topological polar surface area (TPSA) is 110 Å². The summed E-state index contributed by atoms with van der Waals surface area (Å²) in [4.78, 5) is 48.8. The van der Waals surface area contributed by atoms with Gasteiger partial charge in [-0.3, -0.25) is 19.2 Å². The third kappa shape index (κ3) is 4.12. The molecule has 2 amide bonds. The van der Waals surface area contributed by atoms with Crippen LogP contribution in [0.2, 0.25) is 0 Å². The van der Waals surface area contributed by atoms with E-state index in [0.29, 0.717) is 25.8 Å². The predicted octanol–water partition coefficient (Wildman–Crippen LogP) is -0.225. The quantitative estimate of drug-likeness (QED) is 0.469. The molecule has 2 aliphatic heterocycles. The summed E-state index contributed by atoms with van der Waals surface area (Å²) in [7, 11) is 0. The van der Waals surface area contributed by atoms with Crippen LogP contribution in [-0.2, 0) is 19.2 Å². The number of hydrogen-bond donors (Lipinski definition) is 2. The van der Waals surface area contributed by atoms with E-state index in [2.05, 4.69) is 5.32 Å². The molecule has 2 heterocycles. The Kier molecular flexibility index (Phi) is 6.70. The normalized spacial score (nSPS) is 23.2. The molecule has 2 aliphatic rings. The van der Waals surface area contributed by atoms with E-state index in [0.717, 1.165) is 11.5 Å².